The van der Waals surface area contributed by atoms with Crippen LogP contribution >= 0.6 is 60.5 Å². The molecule has 22 nitrogen and oxygen atoms in total. The van der Waals surface area contributed by atoms with E-state index in [1.165, 1.54) is 15.2 Å². The summed E-state index contributed by atoms with van der Waals surface area (Å²) in [6.07, 6.45) is -1.01. The Labute approximate surface area is 469 Å². The van der Waals surface area contributed by atoms with Crippen LogP contribution in [0, 0.1) is 17.8 Å². The smallest absolute Gasteiger partial charge is 0.239 e. The third kappa shape index (κ3) is 18.0. The van der Waals surface area contributed by atoms with Gasteiger partial charge in [-0.25, -0.2) is 0 Å². The molecule has 438 valence electrons. The molecule has 0 aromatic rings. The number of hydrogen-bond acceptors (Lipinski definition) is 26. The molecule has 0 aromatic heterocycles. The molecule has 75 heavy (non-hydrogen) atoms. The fraction of sp³-hybridized carbons (Fsp3) is 0.979. The van der Waals surface area contributed by atoms with Crippen molar-refractivity contribution in [1.29, 1.82) is 0 Å². The molecule has 0 aliphatic carbocycles. The van der Waals surface area contributed by atoms with Gasteiger partial charge in [0.15, 0.2) is 0 Å². The second kappa shape index (κ2) is 33.5. The molecule has 6 aliphatic rings. The number of nitrogens with zero attached hydrogens (tertiary/aromatic N) is 7. The Hall–Kier alpha value is 0.420. The Morgan fingerprint density at radius 2 is 1.04 bits per heavy atom. The molecule has 1 amide bonds. The molecule has 6 saturated heterocycles. The van der Waals surface area contributed by atoms with Gasteiger partial charge in [0, 0.05) is 99.8 Å². The first kappa shape index (κ1) is 64.6. The van der Waals surface area contributed by atoms with Gasteiger partial charge in [0.2, 0.25) is 5.91 Å². The summed E-state index contributed by atoms with van der Waals surface area (Å²) in [7, 11) is 0. The summed E-state index contributed by atoms with van der Waals surface area (Å²) in [6.45, 7) is 11.2. The van der Waals surface area contributed by atoms with Gasteiger partial charge in [0.05, 0.1) is 31.9 Å². The minimum atomic E-state index is -1.18. The molecule has 0 bridgehead atoms. The van der Waals surface area contributed by atoms with Gasteiger partial charge >= 0.3 is 0 Å². The van der Waals surface area contributed by atoms with Gasteiger partial charge in [-0.1, -0.05) is 40.0 Å². The highest BCUT2D eigenvalue weighted by Crippen LogP contribution is 2.39. The van der Waals surface area contributed by atoms with E-state index in [0.717, 1.165) is 62.3 Å². The van der Waals surface area contributed by atoms with Crippen molar-refractivity contribution in [3.63, 3.8) is 0 Å². The van der Waals surface area contributed by atoms with Crippen LogP contribution in [0.2, 0.25) is 0 Å². The maximum absolute atomic E-state index is 14.0. The molecule has 11 N–H and O–H groups in total. The molecule has 16 atom stereocenters. The lowest BCUT2D eigenvalue weighted by atomic mass is 9.89. The molecular formula is C48H94N10O12S5. The Kier molecular flexibility index (Phi) is 28.9. The van der Waals surface area contributed by atoms with Gasteiger partial charge in [-0.05, 0) is 57.8 Å². The maximum atomic E-state index is 14.0. The van der Waals surface area contributed by atoms with E-state index in [2.05, 4.69) is 46.1 Å². The summed E-state index contributed by atoms with van der Waals surface area (Å²) < 4.78 is -0.361. The Balaban J connectivity index is 1.09. The molecule has 6 rings (SSSR count). The van der Waals surface area contributed by atoms with Crippen molar-refractivity contribution in [3.8, 4) is 0 Å². The van der Waals surface area contributed by atoms with Gasteiger partial charge < -0.3 is 46.2 Å². The number of nitrogens with one attached hydrogen (secondary N) is 3. The van der Waals surface area contributed by atoms with Crippen LogP contribution in [0.15, 0.2) is 0 Å². The van der Waals surface area contributed by atoms with E-state index in [4.69, 9.17) is 14.5 Å². The fourth-order valence-electron chi connectivity index (χ4n) is 10.9. The van der Waals surface area contributed by atoms with E-state index in [9.17, 15) is 45.6 Å². The summed E-state index contributed by atoms with van der Waals surface area (Å²) in [5, 5.41) is 106. The molecule has 6 heterocycles. The first-order chi connectivity index (χ1) is 36.2. The maximum Gasteiger partial charge on any atom is 0.239 e. The van der Waals surface area contributed by atoms with E-state index in [-0.39, 0.29) is 21.9 Å². The number of carbonyl (C=O) groups excluding carboxylic acids is 1. The van der Waals surface area contributed by atoms with Gasteiger partial charge in [-0.3, -0.25) is 49.5 Å². The summed E-state index contributed by atoms with van der Waals surface area (Å²) in [6, 6.07) is -2.01. The zero-order valence-electron chi connectivity index (χ0n) is 44.5. The van der Waals surface area contributed by atoms with E-state index < -0.39 is 85.7 Å². The number of aliphatic hydroxyl groups excluding tert-OH is 8. The van der Waals surface area contributed by atoms with E-state index in [1.54, 1.807) is 35.3 Å². The summed E-state index contributed by atoms with van der Waals surface area (Å²) >= 11 is 14.3. The molecule has 6 fully saturated rings. The van der Waals surface area contributed by atoms with Crippen LogP contribution in [-0.4, -0.2) is 261 Å². The Bertz CT molecular complexity index is 1550. The largest absolute Gasteiger partial charge is 0.378 e. The molecule has 1 unspecified atom stereocenters. The Morgan fingerprint density at radius 3 is 1.48 bits per heavy atom. The van der Waals surface area contributed by atoms with Crippen LogP contribution in [0.4, 0.5) is 0 Å². The number of carbonyl (C=O) groups is 1. The van der Waals surface area contributed by atoms with Crippen molar-refractivity contribution in [3.05, 3.63) is 0 Å². The van der Waals surface area contributed by atoms with Crippen LogP contribution in [0.1, 0.15) is 97.8 Å². The minimum absolute atomic E-state index is 0.180. The SMILES string of the molecule is CCCCON1[C@H](C(=O)NCCN(CCNC(O)[C@@H]2CC[C@H]([C@H](O)N3CCS[C@H]3S)[C@H](O)N2OCCCC)CCN[C@@H](O)[C@@H]2CC[C@H]([C@H](O)N3CCS[C@H]3S)[C@H](O)N2OCCCC)CC[C@H]([C@H](O)N2CCSC2)[C@@H]1O. The molecule has 27 heteroatoms. The van der Waals surface area contributed by atoms with Crippen molar-refractivity contribution in [2.75, 3.05) is 102 Å². The van der Waals surface area contributed by atoms with Crippen molar-refractivity contribution >= 4 is 66.5 Å². The van der Waals surface area contributed by atoms with Crippen molar-refractivity contribution in [2.24, 2.45) is 17.8 Å². The standard InChI is InChI=1S/C48H94N10O12S5/c1-4-7-25-68-56-35(13-10-32(44(56)65)41(62)53-22-28-73-31-53)38(59)49-16-19-52(20-17-50-39(60)36-14-11-33(42(63)54-23-29-74-47(54)71)45(66)57(36)69-26-8-5-2)21-18-51-40(61)37-15-12-34(43(64)55-24-30-75-48(55)72)46(67)58(37)70-27-9-6-3/h32-37,39-48,50-51,60-67,71-72H,4-31H2,1-3H3,(H,49,59)/t32-,33-,34-,35+,36+,37+,39+,40?,41+,42+,43+,44+,45+,46+,47-,48-/m1/s1. The molecule has 0 saturated carbocycles. The van der Waals surface area contributed by atoms with Crippen LogP contribution in [0.5, 0.6) is 0 Å². The van der Waals surface area contributed by atoms with Crippen LogP contribution in [0.3, 0.4) is 0 Å². The minimum Gasteiger partial charge on any atom is -0.378 e. The number of rotatable bonds is 32. The van der Waals surface area contributed by atoms with Crippen LogP contribution in [0.25, 0.3) is 0 Å². The summed E-state index contributed by atoms with van der Waals surface area (Å²) in [4.78, 5) is 40.2. The number of thioether (sulfide) groups is 3. The molecular weight excluding hydrogens is 1070 g/mol. The Morgan fingerprint density at radius 1 is 0.600 bits per heavy atom. The van der Waals surface area contributed by atoms with Gasteiger partial charge in [-0.2, -0.15) is 10.1 Å². The molecule has 0 radical (unpaired) electrons. The summed E-state index contributed by atoms with van der Waals surface area (Å²) in [5.41, 5.74) is 0. The highest BCUT2D eigenvalue weighted by atomic mass is 32.2. The summed E-state index contributed by atoms with van der Waals surface area (Å²) in [5.74, 6) is 1.35. The van der Waals surface area contributed by atoms with E-state index in [1.807, 2.05) is 35.5 Å². The van der Waals surface area contributed by atoms with Crippen molar-refractivity contribution in [1.82, 2.24) is 50.7 Å². The quantitative estimate of drug-likeness (QED) is 0.0242. The number of piperidine rings is 3. The van der Waals surface area contributed by atoms with Crippen molar-refractivity contribution in [2.45, 2.75) is 175 Å². The number of thiol groups is 2. The average Bonchev–Trinajstić information content (AvgIpc) is 4.20. The van der Waals surface area contributed by atoms with Gasteiger partial charge in [0.1, 0.15) is 65.3 Å². The third-order valence-corrected chi connectivity index (χ3v) is 20.0. The van der Waals surface area contributed by atoms with Crippen LogP contribution in [-0.2, 0) is 19.3 Å². The normalized spacial score (nSPS) is 33.3. The van der Waals surface area contributed by atoms with E-state index in [0.29, 0.717) is 110 Å². The number of aliphatic hydroxyl groups is 8. The lowest BCUT2D eigenvalue weighted by Crippen LogP contribution is -2.62. The zero-order valence-corrected chi connectivity index (χ0v) is 48.7. The average molecular weight is 1160 g/mol. The number of unbranched alkanes of at least 4 members (excludes halogenated alkanes) is 3. The highest BCUT2D eigenvalue weighted by Gasteiger charge is 2.49. The molecule has 0 aromatic carbocycles. The van der Waals surface area contributed by atoms with Gasteiger partial charge in [-0.15, -0.1) is 65.6 Å². The molecule has 6 aliphatic heterocycles. The fourth-order valence-corrected chi connectivity index (χ4v) is 15.0. The number of amides is 1. The van der Waals surface area contributed by atoms with E-state index >= 15 is 0 Å². The number of hydroxylamine groups is 6. The second-order valence-corrected chi connectivity index (χ2v) is 25.8. The highest BCUT2D eigenvalue weighted by molar-refractivity contribution is 8.10. The first-order valence-electron chi connectivity index (χ1n) is 27.8. The number of hydrogen-bond donors (Lipinski definition) is 13. The van der Waals surface area contributed by atoms with Crippen molar-refractivity contribution < 1.29 is 60.2 Å². The monoisotopic (exact) mass is 1160 g/mol. The van der Waals surface area contributed by atoms with Gasteiger partial charge in [0.25, 0.3) is 0 Å². The lowest BCUT2D eigenvalue weighted by molar-refractivity contribution is -0.316. The zero-order chi connectivity index (χ0) is 54.0. The lowest BCUT2D eigenvalue weighted by Gasteiger charge is -2.47. The molecule has 0 spiro atoms. The second-order valence-electron chi connectivity index (χ2n) is 20.6. The predicted octanol–water partition coefficient (Wildman–Crippen LogP) is 0.0986. The topological polar surface area (TPSA) is 265 Å². The van der Waals surface area contributed by atoms with Crippen LogP contribution < -0.4 is 16.0 Å². The third-order valence-electron chi connectivity index (χ3n) is 15.6. The first-order valence-corrected chi connectivity index (χ1v) is 32.1. The predicted molar refractivity (Wildman–Crippen MR) is 299 cm³/mol.